The summed E-state index contributed by atoms with van der Waals surface area (Å²) in [6.07, 6.45) is -8.25. The Hall–Kier alpha value is -1.12. The van der Waals surface area contributed by atoms with Gasteiger partial charge in [0.05, 0.1) is 6.54 Å². The third kappa shape index (κ3) is 4.33. The molecule has 100 valence electrons. The second kappa shape index (κ2) is 4.63. The molecular formula is C8H10F5NO3. The SMILES string of the molecule is CN1C[C@H](OC(=O)OCC(F)(F)F)C(F)(F)C1. The van der Waals surface area contributed by atoms with Crippen LogP contribution in [0.1, 0.15) is 0 Å². The van der Waals surface area contributed by atoms with Crippen LogP contribution in [0, 0.1) is 0 Å². The van der Waals surface area contributed by atoms with Crippen LogP contribution in [0.3, 0.4) is 0 Å². The molecule has 4 nitrogen and oxygen atoms in total. The predicted molar refractivity (Wildman–Crippen MR) is 44.7 cm³/mol. The average molecular weight is 263 g/mol. The third-order valence-corrected chi connectivity index (χ3v) is 2.02. The van der Waals surface area contributed by atoms with E-state index in [1.54, 1.807) is 0 Å². The fraction of sp³-hybridized carbons (Fsp3) is 0.875. The second-order valence-corrected chi connectivity index (χ2v) is 3.72. The number of alkyl halides is 5. The van der Waals surface area contributed by atoms with E-state index in [0.717, 1.165) is 0 Å². The first-order chi connectivity index (χ1) is 7.60. The highest BCUT2D eigenvalue weighted by atomic mass is 19.4. The molecule has 1 saturated heterocycles. The highest BCUT2D eigenvalue weighted by Gasteiger charge is 2.50. The number of likely N-dealkylation sites (tertiary alicyclic amines) is 1. The molecule has 0 radical (unpaired) electrons. The van der Waals surface area contributed by atoms with Gasteiger partial charge in [-0.25, -0.2) is 13.6 Å². The number of carbonyl (C=O) groups is 1. The Morgan fingerprint density at radius 3 is 2.47 bits per heavy atom. The fourth-order valence-electron chi connectivity index (χ4n) is 1.36. The van der Waals surface area contributed by atoms with Gasteiger partial charge in [0.1, 0.15) is 0 Å². The molecule has 0 bridgehead atoms. The lowest BCUT2D eigenvalue weighted by Gasteiger charge is -2.17. The van der Waals surface area contributed by atoms with Gasteiger partial charge in [-0.1, -0.05) is 0 Å². The second-order valence-electron chi connectivity index (χ2n) is 3.72. The fourth-order valence-corrected chi connectivity index (χ4v) is 1.36. The zero-order valence-corrected chi connectivity index (χ0v) is 8.76. The molecule has 1 aliphatic rings. The molecular weight excluding hydrogens is 253 g/mol. The van der Waals surface area contributed by atoms with Crippen LogP contribution in [-0.4, -0.2) is 56.0 Å². The quantitative estimate of drug-likeness (QED) is 0.561. The highest BCUT2D eigenvalue weighted by Crippen LogP contribution is 2.29. The van der Waals surface area contributed by atoms with Gasteiger partial charge in [-0.2, -0.15) is 13.2 Å². The van der Waals surface area contributed by atoms with E-state index < -0.39 is 37.5 Å². The number of ether oxygens (including phenoxy) is 2. The first-order valence-corrected chi connectivity index (χ1v) is 4.57. The molecule has 0 aromatic heterocycles. The maximum atomic E-state index is 13.1. The Kier molecular flexibility index (Phi) is 3.80. The zero-order valence-electron chi connectivity index (χ0n) is 8.76. The van der Waals surface area contributed by atoms with Gasteiger partial charge in [-0.3, -0.25) is 4.90 Å². The summed E-state index contributed by atoms with van der Waals surface area (Å²) < 4.78 is 69.0. The largest absolute Gasteiger partial charge is 0.509 e. The molecule has 9 heteroatoms. The molecule has 17 heavy (non-hydrogen) atoms. The van der Waals surface area contributed by atoms with Crippen LogP contribution in [0.4, 0.5) is 26.7 Å². The molecule has 0 N–H and O–H groups in total. The first kappa shape index (κ1) is 13.9. The average Bonchev–Trinajstić information content (AvgIpc) is 2.35. The van der Waals surface area contributed by atoms with Gasteiger partial charge < -0.3 is 9.47 Å². The van der Waals surface area contributed by atoms with Gasteiger partial charge >= 0.3 is 12.3 Å². The minimum absolute atomic E-state index is 0.256. The van der Waals surface area contributed by atoms with E-state index in [-0.39, 0.29) is 6.54 Å². The van der Waals surface area contributed by atoms with Crippen molar-refractivity contribution in [2.75, 3.05) is 26.7 Å². The number of halogens is 5. The van der Waals surface area contributed by atoms with E-state index in [1.165, 1.54) is 11.9 Å². The highest BCUT2D eigenvalue weighted by molar-refractivity contribution is 5.60. The van der Waals surface area contributed by atoms with E-state index in [1.807, 2.05) is 0 Å². The smallest absolute Gasteiger partial charge is 0.425 e. The Balaban J connectivity index is 2.41. The van der Waals surface area contributed by atoms with E-state index >= 15 is 0 Å². The van der Waals surface area contributed by atoms with Gasteiger partial charge in [0, 0.05) is 6.54 Å². The van der Waals surface area contributed by atoms with Gasteiger partial charge in [0.25, 0.3) is 5.92 Å². The third-order valence-electron chi connectivity index (χ3n) is 2.02. The van der Waals surface area contributed by atoms with Crippen LogP contribution in [0.5, 0.6) is 0 Å². The summed E-state index contributed by atoms with van der Waals surface area (Å²) >= 11 is 0. The molecule has 0 unspecified atom stereocenters. The molecule has 1 atom stereocenters. The van der Waals surface area contributed by atoms with Crippen LogP contribution in [0.2, 0.25) is 0 Å². The summed E-state index contributed by atoms with van der Waals surface area (Å²) in [6, 6.07) is 0. The van der Waals surface area contributed by atoms with Crippen molar-refractivity contribution in [2.24, 2.45) is 0 Å². The number of rotatable bonds is 2. The van der Waals surface area contributed by atoms with Crippen LogP contribution in [0.15, 0.2) is 0 Å². The maximum Gasteiger partial charge on any atom is 0.509 e. The lowest BCUT2D eigenvalue weighted by atomic mass is 10.2. The molecule has 1 aliphatic heterocycles. The van der Waals surface area contributed by atoms with Crippen molar-refractivity contribution in [3.05, 3.63) is 0 Å². The lowest BCUT2D eigenvalue weighted by Crippen LogP contribution is -2.36. The molecule has 1 heterocycles. The van der Waals surface area contributed by atoms with E-state index in [2.05, 4.69) is 9.47 Å². The van der Waals surface area contributed by atoms with Gasteiger partial charge in [0.2, 0.25) is 0 Å². The van der Waals surface area contributed by atoms with Gasteiger partial charge in [0.15, 0.2) is 12.7 Å². The van der Waals surface area contributed by atoms with Crippen LogP contribution in [0.25, 0.3) is 0 Å². The number of hydrogen-bond acceptors (Lipinski definition) is 4. The zero-order chi connectivity index (χ0) is 13.3. The van der Waals surface area contributed by atoms with Crippen molar-refractivity contribution in [1.29, 1.82) is 0 Å². The minimum atomic E-state index is -4.71. The molecule has 0 spiro atoms. The molecule has 1 fully saturated rings. The van der Waals surface area contributed by atoms with E-state index in [4.69, 9.17) is 0 Å². The summed E-state index contributed by atoms with van der Waals surface area (Å²) in [5.41, 5.74) is 0. The number of likely N-dealkylation sites (N-methyl/N-ethyl adjacent to an activating group) is 1. The number of hydrogen-bond donors (Lipinski definition) is 0. The predicted octanol–water partition coefficient (Wildman–Crippen LogP) is 1.65. The monoisotopic (exact) mass is 263 g/mol. The summed E-state index contributed by atoms with van der Waals surface area (Å²) in [7, 11) is 1.37. The Morgan fingerprint density at radius 1 is 1.47 bits per heavy atom. The Morgan fingerprint density at radius 2 is 2.06 bits per heavy atom. The van der Waals surface area contributed by atoms with Crippen LogP contribution in [-0.2, 0) is 9.47 Å². The van der Waals surface area contributed by atoms with Gasteiger partial charge in [-0.05, 0) is 7.05 Å². The number of carbonyl (C=O) groups excluding carboxylic acids is 1. The van der Waals surface area contributed by atoms with Crippen molar-refractivity contribution in [3.8, 4) is 0 Å². The molecule has 0 aromatic carbocycles. The van der Waals surface area contributed by atoms with Gasteiger partial charge in [-0.15, -0.1) is 0 Å². The van der Waals surface area contributed by atoms with Crippen LogP contribution >= 0.6 is 0 Å². The standard InChI is InChI=1S/C8H10F5NO3/c1-14-2-5(7(9,10)3-14)17-6(15)16-4-8(11,12)13/h5H,2-4H2,1H3/t5-/m0/s1. The summed E-state index contributed by atoms with van der Waals surface area (Å²) in [4.78, 5) is 11.9. The van der Waals surface area contributed by atoms with Crippen molar-refractivity contribution in [2.45, 2.75) is 18.2 Å². The minimum Gasteiger partial charge on any atom is -0.425 e. The lowest BCUT2D eigenvalue weighted by molar-refractivity contribution is -0.171. The van der Waals surface area contributed by atoms with Crippen molar-refractivity contribution < 1.29 is 36.2 Å². The Bertz CT molecular complexity index is 293. The Labute approximate surface area is 93.3 Å². The first-order valence-electron chi connectivity index (χ1n) is 4.57. The molecule has 0 amide bonds. The van der Waals surface area contributed by atoms with Crippen molar-refractivity contribution >= 4 is 6.16 Å². The molecule has 0 aromatic rings. The summed E-state index contributed by atoms with van der Waals surface area (Å²) in [5.74, 6) is -3.29. The summed E-state index contributed by atoms with van der Waals surface area (Å²) in [5, 5.41) is 0. The molecule has 1 rings (SSSR count). The van der Waals surface area contributed by atoms with Crippen LogP contribution < -0.4 is 0 Å². The van der Waals surface area contributed by atoms with Crippen molar-refractivity contribution in [1.82, 2.24) is 4.90 Å². The van der Waals surface area contributed by atoms with E-state index in [9.17, 15) is 26.7 Å². The normalized spacial score (nSPS) is 24.7. The maximum absolute atomic E-state index is 13.1. The topological polar surface area (TPSA) is 38.8 Å². The summed E-state index contributed by atoms with van der Waals surface area (Å²) in [6.45, 7) is -2.74. The van der Waals surface area contributed by atoms with Crippen molar-refractivity contribution in [3.63, 3.8) is 0 Å². The number of nitrogens with zero attached hydrogens (tertiary/aromatic N) is 1. The molecule has 0 aliphatic carbocycles. The molecule has 0 saturated carbocycles. The van der Waals surface area contributed by atoms with E-state index in [0.29, 0.717) is 0 Å².